The first kappa shape index (κ1) is 14.4. The van der Waals surface area contributed by atoms with E-state index in [2.05, 4.69) is 25.2 Å². The van der Waals surface area contributed by atoms with Gasteiger partial charge in [-0.15, -0.1) is 0 Å². The molecule has 0 bridgehead atoms. The number of benzene rings is 1. The van der Waals surface area contributed by atoms with Crippen LogP contribution < -0.4 is 11.1 Å². The van der Waals surface area contributed by atoms with Crippen molar-refractivity contribution in [2.75, 3.05) is 13.2 Å². The monoisotopic (exact) mass is 290 g/mol. The molecule has 114 valence electrons. The number of nitrogens with one attached hydrogen (secondary N) is 1. The Kier molecular flexibility index (Phi) is 3.87. The maximum absolute atomic E-state index is 11.6. The van der Waals surface area contributed by atoms with Gasteiger partial charge in [-0.05, 0) is 37.6 Å². The Balaban J connectivity index is 2.00. The number of nitrogens with zero attached hydrogens (tertiary/aromatic N) is 1. The Bertz CT molecular complexity index is 688. The van der Waals surface area contributed by atoms with Crippen LogP contribution in [0.4, 0.5) is 0 Å². The molecule has 1 N–H and O–H groups in total. The van der Waals surface area contributed by atoms with Gasteiger partial charge in [-0.1, -0.05) is 13.0 Å². The second-order valence-corrected chi connectivity index (χ2v) is 5.72. The predicted octanol–water partition coefficient (Wildman–Crippen LogP) is 2.21. The number of rotatable bonds is 4. The number of oxazole rings is 1. The fraction of sp³-hybridized carbons (Fsp3) is 0.562. The molecule has 0 amide bonds. The van der Waals surface area contributed by atoms with Gasteiger partial charge in [0.1, 0.15) is 0 Å². The number of hydrogen-bond acceptors (Lipinski definition) is 4. The van der Waals surface area contributed by atoms with Gasteiger partial charge < -0.3 is 14.5 Å². The molecule has 1 aromatic heterocycles. The van der Waals surface area contributed by atoms with E-state index < -0.39 is 0 Å². The fourth-order valence-corrected chi connectivity index (χ4v) is 3.27. The molecule has 1 aliphatic rings. The molecule has 0 spiro atoms. The van der Waals surface area contributed by atoms with Gasteiger partial charge >= 0.3 is 5.76 Å². The highest BCUT2D eigenvalue weighted by Crippen LogP contribution is 2.34. The van der Waals surface area contributed by atoms with E-state index >= 15 is 0 Å². The molecule has 3 atom stereocenters. The first-order valence-electron chi connectivity index (χ1n) is 7.56. The minimum atomic E-state index is -0.320. The molecule has 0 saturated carbocycles. The Morgan fingerprint density at radius 1 is 1.48 bits per heavy atom. The summed E-state index contributed by atoms with van der Waals surface area (Å²) in [6.45, 7) is 5.94. The van der Waals surface area contributed by atoms with Crippen molar-refractivity contribution in [1.29, 1.82) is 0 Å². The highest BCUT2D eigenvalue weighted by Gasteiger charge is 2.32. The number of ether oxygens (including phenoxy) is 1. The average Bonchev–Trinajstić information content (AvgIpc) is 3.01. The summed E-state index contributed by atoms with van der Waals surface area (Å²) in [5.41, 5.74) is 2.63. The first-order chi connectivity index (χ1) is 10.1. The summed E-state index contributed by atoms with van der Waals surface area (Å²) in [4.78, 5) is 11.6. The topological polar surface area (TPSA) is 56.4 Å². The van der Waals surface area contributed by atoms with Gasteiger partial charge in [0, 0.05) is 25.6 Å². The normalized spacial score (nSPS) is 23.8. The molecule has 1 saturated heterocycles. The Morgan fingerprint density at radius 2 is 2.29 bits per heavy atom. The maximum Gasteiger partial charge on any atom is 0.419 e. The molecule has 0 aliphatic carbocycles. The molecule has 1 aromatic carbocycles. The van der Waals surface area contributed by atoms with Crippen LogP contribution in [0.1, 0.15) is 31.9 Å². The lowest BCUT2D eigenvalue weighted by Crippen LogP contribution is -2.31. The minimum absolute atomic E-state index is 0.224. The van der Waals surface area contributed by atoms with Gasteiger partial charge in [0.05, 0.1) is 11.6 Å². The number of fused-ring (bicyclic) bond motifs is 1. The van der Waals surface area contributed by atoms with Crippen molar-refractivity contribution >= 4 is 11.1 Å². The third-order valence-corrected chi connectivity index (χ3v) is 4.46. The minimum Gasteiger partial charge on any atom is -0.408 e. The van der Waals surface area contributed by atoms with Crippen LogP contribution in [0.15, 0.2) is 27.4 Å². The second-order valence-electron chi connectivity index (χ2n) is 5.72. The van der Waals surface area contributed by atoms with E-state index in [1.54, 1.807) is 7.05 Å². The van der Waals surface area contributed by atoms with E-state index in [-0.39, 0.29) is 17.9 Å². The maximum atomic E-state index is 11.6. The Labute approximate surface area is 123 Å². The van der Waals surface area contributed by atoms with Crippen molar-refractivity contribution in [2.45, 2.75) is 32.4 Å². The fourth-order valence-electron chi connectivity index (χ4n) is 3.27. The third-order valence-electron chi connectivity index (χ3n) is 4.46. The van der Waals surface area contributed by atoms with Crippen molar-refractivity contribution < 1.29 is 9.15 Å². The summed E-state index contributed by atoms with van der Waals surface area (Å²) >= 11 is 0. The zero-order valence-electron chi connectivity index (χ0n) is 12.8. The van der Waals surface area contributed by atoms with Crippen LogP contribution in [0.3, 0.4) is 0 Å². The molecule has 21 heavy (non-hydrogen) atoms. The largest absolute Gasteiger partial charge is 0.419 e. The third kappa shape index (κ3) is 2.51. The summed E-state index contributed by atoms with van der Waals surface area (Å²) in [7, 11) is 1.72. The molecule has 1 aliphatic heterocycles. The van der Waals surface area contributed by atoms with E-state index in [0.29, 0.717) is 11.5 Å². The smallest absolute Gasteiger partial charge is 0.408 e. The lowest BCUT2D eigenvalue weighted by Gasteiger charge is -2.27. The molecule has 0 radical (unpaired) electrons. The summed E-state index contributed by atoms with van der Waals surface area (Å²) in [5.74, 6) is 0.123. The van der Waals surface area contributed by atoms with Gasteiger partial charge in [-0.3, -0.25) is 4.57 Å². The molecule has 3 unspecified atom stereocenters. The molecular weight excluding hydrogens is 268 g/mol. The molecule has 1 fully saturated rings. The van der Waals surface area contributed by atoms with Crippen LogP contribution in [0.2, 0.25) is 0 Å². The van der Waals surface area contributed by atoms with Gasteiger partial charge in [0.15, 0.2) is 5.58 Å². The number of aromatic nitrogens is 1. The van der Waals surface area contributed by atoms with Gasteiger partial charge in [-0.2, -0.15) is 0 Å². The summed E-state index contributed by atoms with van der Waals surface area (Å²) in [6.07, 6.45) is 1.29. The quantitative estimate of drug-likeness (QED) is 0.938. The Morgan fingerprint density at radius 3 is 2.95 bits per heavy atom. The summed E-state index contributed by atoms with van der Waals surface area (Å²) < 4.78 is 12.5. The van der Waals surface area contributed by atoms with Crippen molar-refractivity contribution in [1.82, 2.24) is 9.88 Å². The zero-order valence-corrected chi connectivity index (χ0v) is 12.8. The van der Waals surface area contributed by atoms with E-state index in [1.165, 1.54) is 4.57 Å². The van der Waals surface area contributed by atoms with Crippen LogP contribution in [0.25, 0.3) is 11.1 Å². The van der Waals surface area contributed by atoms with E-state index in [1.807, 2.05) is 12.1 Å². The van der Waals surface area contributed by atoms with E-state index in [9.17, 15) is 4.79 Å². The SMILES string of the molecule is CCNC(c1ccc2c(c1)oc(=O)n2C)C1CCOC1C. The number of aryl methyl sites for hydroxylation is 1. The first-order valence-corrected chi connectivity index (χ1v) is 7.56. The van der Waals surface area contributed by atoms with Gasteiger partial charge in [0.25, 0.3) is 0 Å². The predicted molar refractivity (Wildman–Crippen MR) is 81.4 cm³/mol. The summed E-state index contributed by atoms with van der Waals surface area (Å²) in [6, 6.07) is 6.24. The lowest BCUT2D eigenvalue weighted by atomic mass is 9.88. The zero-order chi connectivity index (χ0) is 15.0. The number of hydrogen-bond donors (Lipinski definition) is 1. The van der Waals surface area contributed by atoms with Crippen LogP contribution in [-0.4, -0.2) is 23.8 Å². The van der Waals surface area contributed by atoms with E-state index in [0.717, 1.165) is 30.7 Å². The second kappa shape index (κ2) is 5.66. The van der Waals surface area contributed by atoms with Crippen molar-refractivity contribution in [3.63, 3.8) is 0 Å². The van der Waals surface area contributed by atoms with E-state index in [4.69, 9.17) is 9.15 Å². The molecule has 3 rings (SSSR count). The van der Waals surface area contributed by atoms with Gasteiger partial charge in [0.2, 0.25) is 0 Å². The molecule has 2 heterocycles. The van der Waals surface area contributed by atoms with Crippen LogP contribution in [-0.2, 0) is 11.8 Å². The highest BCUT2D eigenvalue weighted by molar-refractivity contribution is 5.73. The molecule has 2 aromatic rings. The van der Waals surface area contributed by atoms with Crippen LogP contribution in [0, 0.1) is 5.92 Å². The van der Waals surface area contributed by atoms with Crippen molar-refractivity contribution in [2.24, 2.45) is 13.0 Å². The molecule has 5 nitrogen and oxygen atoms in total. The lowest BCUT2D eigenvalue weighted by molar-refractivity contribution is 0.0956. The van der Waals surface area contributed by atoms with Gasteiger partial charge in [-0.25, -0.2) is 4.79 Å². The van der Waals surface area contributed by atoms with Crippen LogP contribution in [0.5, 0.6) is 0 Å². The summed E-state index contributed by atoms with van der Waals surface area (Å²) in [5, 5.41) is 3.55. The van der Waals surface area contributed by atoms with Crippen LogP contribution >= 0.6 is 0 Å². The standard InChI is InChI=1S/C16H22N2O3/c1-4-17-15(12-7-8-20-10(12)2)11-5-6-13-14(9-11)21-16(19)18(13)3/h5-6,9-10,12,15,17H,4,7-8H2,1-3H3. The van der Waals surface area contributed by atoms with Crippen molar-refractivity contribution in [3.05, 3.63) is 34.3 Å². The molecule has 5 heteroatoms. The molecular formula is C16H22N2O3. The Hall–Kier alpha value is -1.59. The highest BCUT2D eigenvalue weighted by atomic mass is 16.5. The van der Waals surface area contributed by atoms with Crippen molar-refractivity contribution in [3.8, 4) is 0 Å². The average molecular weight is 290 g/mol.